The molecule has 1 aromatic heterocycles. The molecule has 1 atom stereocenters. The molecule has 6 heteroatoms. The van der Waals surface area contributed by atoms with E-state index in [1.165, 1.54) is 11.0 Å². The number of fused-ring (bicyclic) bond motifs is 1. The molecule has 1 amide bonds. The van der Waals surface area contributed by atoms with Gasteiger partial charge in [0.25, 0.3) is 0 Å². The van der Waals surface area contributed by atoms with E-state index < -0.39 is 5.97 Å². The summed E-state index contributed by atoms with van der Waals surface area (Å²) < 4.78 is 11.0. The largest absolute Gasteiger partial charge is 0.492 e. The van der Waals surface area contributed by atoms with E-state index in [4.69, 9.17) is 14.3 Å². The molecular formula is C17H17NO5. The molecule has 0 saturated heterocycles. The van der Waals surface area contributed by atoms with Crippen LogP contribution in [0.15, 0.2) is 34.7 Å². The van der Waals surface area contributed by atoms with E-state index in [9.17, 15) is 9.59 Å². The summed E-state index contributed by atoms with van der Waals surface area (Å²) in [6.07, 6.45) is 0. The molecule has 0 fully saturated rings. The van der Waals surface area contributed by atoms with Crippen LogP contribution in [-0.4, -0.2) is 35.5 Å². The number of carbonyl (C=O) groups is 2. The number of para-hydroxylation sites is 1. The Balaban J connectivity index is 1.74. The van der Waals surface area contributed by atoms with Crippen LogP contribution in [0.3, 0.4) is 0 Å². The monoisotopic (exact) mass is 315 g/mol. The van der Waals surface area contributed by atoms with Crippen LogP contribution in [-0.2, 0) is 11.3 Å². The van der Waals surface area contributed by atoms with Crippen LogP contribution in [0.5, 0.6) is 5.75 Å². The first-order valence-electron chi connectivity index (χ1n) is 7.26. The highest BCUT2D eigenvalue weighted by Gasteiger charge is 2.32. The second-order valence-electron chi connectivity index (χ2n) is 5.58. The number of benzene rings is 1. The lowest BCUT2D eigenvalue weighted by molar-refractivity contribution is -0.132. The fourth-order valence-corrected chi connectivity index (χ4v) is 2.78. The zero-order valence-electron chi connectivity index (χ0n) is 12.9. The average molecular weight is 315 g/mol. The highest BCUT2D eigenvalue weighted by molar-refractivity contribution is 5.89. The van der Waals surface area contributed by atoms with Gasteiger partial charge in [-0.1, -0.05) is 18.2 Å². The van der Waals surface area contributed by atoms with Crippen molar-refractivity contribution in [3.8, 4) is 5.75 Å². The van der Waals surface area contributed by atoms with Gasteiger partial charge in [0, 0.05) is 12.6 Å². The Morgan fingerprint density at radius 1 is 1.35 bits per heavy atom. The van der Waals surface area contributed by atoms with Crippen molar-refractivity contribution >= 4 is 11.9 Å². The van der Waals surface area contributed by atoms with E-state index >= 15 is 0 Å². The van der Waals surface area contributed by atoms with Crippen LogP contribution < -0.4 is 4.74 Å². The van der Waals surface area contributed by atoms with E-state index in [1.54, 1.807) is 14.0 Å². The fourth-order valence-electron chi connectivity index (χ4n) is 2.78. The molecule has 0 bridgehead atoms. The molecule has 1 aliphatic rings. The smallest absolute Gasteiger partial charge is 0.339 e. The fraction of sp³-hybridized carbons (Fsp3) is 0.294. The lowest BCUT2D eigenvalue weighted by Crippen LogP contribution is -2.32. The molecule has 0 aliphatic carbocycles. The van der Waals surface area contributed by atoms with Crippen molar-refractivity contribution in [3.05, 3.63) is 53.0 Å². The Kier molecular flexibility index (Phi) is 3.82. The van der Waals surface area contributed by atoms with Gasteiger partial charge in [0.2, 0.25) is 5.91 Å². The van der Waals surface area contributed by atoms with Gasteiger partial charge in [0.1, 0.15) is 35.4 Å². The van der Waals surface area contributed by atoms with E-state index in [1.807, 2.05) is 24.3 Å². The van der Waals surface area contributed by atoms with Crippen LogP contribution in [0.1, 0.15) is 33.4 Å². The highest BCUT2D eigenvalue weighted by atomic mass is 16.5. The summed E-state index contributed by atoms with van der Waals surface area (Å²) in [5.41, 5.74) is 1.00. The maximum Gasteiger partial charge on any atom is 0.339 e. The summed E-state index contributed by atoms with van der Waals surface area (Å²) in [6.45, 7) is 2.13. The number of carboxylic acids is 1. The van der Waals surface area contributed by atoms with Gasteiger partial charge in [-0.2, -0.15) is 0 Å². The number of carbonyl (C=O) groups excluding carboxylic acids is 1. The van der Waals surface area contributed by atoms with E-state index in [2.05, 4.69) is 0 Å². The number of aromatic carboxylic acids is 1. The van der Waals surface area contributed by atoms with Crippen LogP contribution in [0.4, 0.5) is 0 Å². The first-order chi connectivity index (χ1) is 11.0. The third-order valence-electron chi connectivity index (χ3n) is 3.97. The van der Waals surface area contributed by atoms with Gasteiger partial charge in [-0.15, -0.1) is 0 Å². The quantitative estimate of drug-likeness (QED) is 0.937. The van der Waals surface area contributed by atoms with Crippen LogP contribution in [0.25, 0.3) is 0 Å². The Morgan fingerprint density at radius 3 is 2.78 bits per heavy atom. The van der Waals surface area contributed by atoms with Crippen LogP contribution in [0.2, 0.25) is 0 Å². The molecule has 6 nitrogen and oxygen atoms in total. The SMILES string of the molecule is Cc1oc(CN(C)C(=O)[C@@H]2COc3ccccc32)cc1C(=O)O. The number of amides is 1. The molecule has 1 aliphatic heterocycles. The van der Waals surface area contributed by atoms with Crippen molar-refractivity contribution in [1.82, 2.24) is 4.90 Å². The molecule has 2 aromatic rings. The Morgan fingerprint density at radius 2 is 2.09 bits per heavy atom. The number of hydrogen-bond acceptors (Lipinski definition) is 4. The van der Waals surface area contributed by atoms with Gasteiger partial charge in [-0.25, -0.2) is 4.79 Å². The lowest BCUT2D eigenvalue weighted by atomic mass is 10.00. The third kappa shape index (κ3) is 2.79. The number of rotatable bonds is 4. The molecular weight excluding hydrogens is 298 g/mol. The normalized spacial score (nSPS) is 15.8. The Bertz CT molecular complexity index is 764. The maximum atomic E-state index is 12.6. The van der Waals surface area contributed by atoms with Gasteiger partial charge in [0.05, 0.1) is 6.54 Å². The number of likely N-dealkylation sites (N-methyl/N-ethyl adjacent to an activating group) is 1. The van der Waals surface area contributed by atoms with Crippen molar-refractivity contribution in [3.63, 3.8) is 0 Å². The minimum absolute atomic E-state index is 0.0825. The first-order valence-corrected chi connectivity index (χ1v) is 7.26. The predicted octanol–water partition coefficient (Wildman–Crippen LogP) is 2.42. The van der Waals surface area contributed by atoms with E-state index in [0.29, 0.717) is 18.1 Å². The lowest BCUT2D eigenvalue weighted by Gasteiger charge is -2.19. The second kappa shape index (κ2) is 5.79. The van der Waals surface area contributed by atoms with Crippen molar-refractivity contribution in [2.24, 2.45) is 0 Å². The van der Waals surface area contributed by atoms with Gasteiger partial charge < -0.3 is 19.2 Å². The molecule has 0 saturated carbocycles. The van der Waals surface area contributed by atoms with E-state index in [-0.39, 0.29) is 23.9 Å². The number of nitrogens with zero attached hydrogens (tertiary/aromatic N) is 1. The minimum Gasteiger partial charge on any atom is -0.492 e. The Labute approximate surface area is 133 Å². The summed E-state index contributed by atoms with van der Waals surface area (Å²) in [7, 11) is 1.67. The number of aryl methyl sites for hydroxylation is 1. The molecule has 1 aromatic carbocycles. The third-order valence-corrected chi connectivity index (χ3v) is 3.97. The zero-order valence-corrected chi connectivity index (χ0v) is 12.9. The molecule has 0 unspecified atom stereocenters. The van der Waals surface area contributed by atoms with Gasteiger partial charge in [-0.05, 0) is 19.1 Å². The minimum atomic E-state index is -1.04. The molecule has 2 heterocycles. The van der Waals surface area contributed by atoms with Crippen molar-refractivity contribution in [2.75, 3.05) is 13.7 Å². The maximum absolute atomic E-state index is 12.6. The molecule has 0 radical (unpaired) electrons. The van der Waals surface area contributed by atoms with Crippen molar-refractivity contribution in [2.45, 2.75) is 19.4 Å². The molecule has 0 spiro atoms. The van der Waals surface area contributed by atoms with Gasteiger partial charge >= 0.3 is 5.97 Å². The van der Waals surface area contributed by atoms with Crippen LogP contribution >= 0.6 is 0 Å². The summed E-state index contributed by atoms with van der Waals surface area (Å²) in [6, 6.07) is 8.94. The summed E-state index contributed by atoms with van der Waals surface area (Å²) in [5, 5.41) is 9.05. The zero-order chi connectivity index (χ0) is 16.6. The first kappa shape index (κ1) is 15.1. The number of hydrogen-bond donors (Lipinski definition) is 1. The standard InChI is InChI=1S/C17H17NO5/c1-10-13(17(20)21)7-11(23-10)8-18(2)16(19)14-9-22-15-6-4-3-5-12(14)15/h3-7,14H,8-9H2,1-2H3,(H,20,21)/t14-/m1/s1. The van der Waals surface area contributed by atoms with Gasteiger partial charge in [-0.3, -0.25) is 4.79 Å². The molecule has 120 valence electrons. The van der Waals surface area contributed by atoms with Crippen molar-refractivity contribution in [1.29, 1.82) is 0 Å². The summed E-state index contributed by atoms with van der Waals surface area (Å²) in [5.74, 6) is 0.0591. The Hall–Kier alpha value is -2.76. The predicted molar refractivity (Wildman–Crippen MR) is 81.6 cm³/mol. The number of furan rings is 1. The average Bonchev–Trinajstić information content (AvgIpc) is 3.10. The van der Waals surface area contributed by atoms with Gasteiger partial charge in [0.15, 0.2) is 0 Å². The molecule has 23 heavy (non-hydrogen) atoms. The van der Waals surface area contributed by atoms with Crippen LogP contribution in [0, 0.1) is 6.92 Å². The molecule has 3 rings (SSSR count). The second-order valence-corrected chi connectivity index (χ2v) is 5.58. The molecule has 1 N–H and O–H groups in total. The topological polar surface area (TPSA) is 80.0 Å². The van der Waals surface area contributed by atoms with E-state index in [0.717, 1.165) is 11.3 Å². The summed E-state index contributed by atoms with van der Waals surface area (Å²) >= 11 is 0. The number of ether oxygens (including phenoxy) is 1. The highest BCUT2D eigenvalue weighted by Crippen LogP contribution is 2.34. The summed E-state index contributed by atoms with van der Waals surface area (Å²) in [4.78, 5) is 25.2. The number of carboxylic acid groups (broad SMARTS) is 1. The van der Waals surface area contributed by atoms with Crippen molar-refractivity contribution < 1.29 is 23.8 Å².